The summed E-state index contributed by atoms with van der Waals surface area (Å²) in [6.07, 6.45) is 3.75. The third-order valence-electron chi connectivity index (χ3n) is 4.11. The summed E-state index contributed by atoms with van der Waals surface area (Å²) in [7, 11) is 2.58. The van der Waals surface area contributed by atoms with Crippen LogP contribution in [0.4, 0.5) is 0 Å². The lowest BCUT2D eigenvalue weighted by atomic mass is 9.70. The average Bonchev–Trinajstić information content (AvgIpc) is 2.92. The van der Waals surface area contributed by atoms with Crippen LogP contribution in [0.25, 0.3) is 0 Å². The van der Waals surface area contributed by atoms with Crippen molar-refractivity contribution in [2.24, 2.45) is 11.3 Å². The van der Waals surface area contributed by atoms with Gasteiger partial charge in [0.15, 0.2) is 5.41 Å². The second kappa shape index (κ2) is 6.89. The number of aliphatic hydroxyl groups excluding tert-OH is 1. The van der Waals surface area contributed by atoms with E-state index in [-0.39, 0.29) is 12.3 Å². The molecule has 1 unspecified atom stereocenters. The number of carbonyl (C=O) groups excluding carboxylic acids is 2. The lowest BCUT2D eigenvalue weighted by Gasteiger charge is -2.34. The Labute approximate surface area is 114 Å². The van der Waals surface area contributed by atoms with Gasteiger partial charge in [0.05, 0.1) is 20.3 Å². The van der Waals surface area contributed by atoms with Gasteiger partial charge in [0.2, 0.25) is 0 Å². The summed E-state index contributed by atoms with van der Waals surface area (Å²) >= 11 is 0. The number of rotatable bonds is 6. The highest BCUT2D eigenvalue weighted by molar-refractivity contribution is 6.00. The van der Waals surface area contributed by atoms with E-state index in [0.29, 0.717) is 6.42 Å². The molecule has 1 atom stereocenters. The molecular weight excluding hydrogens is 248 g/mol. The number of aliphatic hydroxyl groups is 1. The summed E-state index contributed by atoms with van der Waals surface area (Å²) in [6.45, 7) is 1.65. The average molecular weight is 272 g/mol. The molecule has 0 aromatic heterocycles. The van der Waals surface area contributed by atoms with Gasteiger partial charge in [0.1, 0.15) is 0 Å². The minimum atomic E-state index is -1.25. The quantitative estimate of drug-likeness (QED) is 0.588. The molecule has 1 N–H and O–H groups in total. The van der Waals surface area contributed by atoms with Crippen molar-refractivity contribution in [2.75, 3.05) is 14.2 Å². The van der Waals surface area contributed by atoms with Gasteiger partial charge in [-0.25, -0.2) is 0 Å². The van der Waals surface area contributed by atoms with E-state index in [4.69, 9.17) is 9.47 Å². The molecule has 0 aromatic rings. The normalized spacial score (nSPS) is 18.1. The van der Waals surface area contributed by atoms with Gasteiger partial charge in [-0.3, -0.25) is 9.59 Å². The molecule has 1 rings (SSSR count). The molecule has 1 fully saturated rings. The molecule has 0 heterocycles. The second-order valence-electron chi connectivity index (χ2n) is 5.32. The summed E-state index contributed by atoms with van der Waals surface area (Å²) in [5.41, 5.74) is -1.25. The molecule has 1 aliphatic carbocycles. The van der Waals surface area contributed by atoms with Crippen molar-refractivity contribution in [3.8, 4) is 0 Å². The first kappa shape index (κ1) is 16.0. The van der Waals surface area contributed by atoms with Crippen LogP contribution >= 0.6 is 0 Å². The highest BCUT2D eigenvalue weighted by Crippen LogP contribution is 2.45. The Balaban J connectivity index is 3.07. The zero-order valence-electron chi connectivity index (χ0n) is 12.0. The lowest BCUT2D eigenvalue weighted by Crippen LogP contribution is -2.47. The van der Waals surface area contributed by atoms with Crippen LogP contribution in [0, 0.1) is 11.3 Å². The molecule has 0 saturated heterocycles. The van der Waals surface area contributed by atoms with E-state index < -0.39 is 23.5 Å². The van der Waals surface area contributed by atoms with Gasteiger partial charge in [-0.1, -0.05) is 12.8 Å². The molecule has 0 spiro atoms. The van der Waals surface area contributed by atoms with Crippen molar-refractivity contribution in [3.05, 3.63) is 0 Å². The fourth-order valence-electron chi connectivity index (χ4n) is 3.04. The van der Waals surface area contributed by atoms with Crippen LogP contribution in [0.3, 0.4) is 0 Å². The minimum absolute atomic E-state index is 0.0499. The maximum atomic E-state index is 12.2. The molecule has 5 heteroatoms. The Morgan fingerprint density at radius 3 is 2.05 bits per heavy atom. The Morgan fingerprint density at radius 1 is 1.21 bits per heavy atom. The highest BCUT2D eigenvalue weighted by Gasteiger charge is 2.54. The van der Waals surface area contributed by atoms with Crippen LogP contribution in [-0.2, 0) is 19.1 Å². The first-order valence-corrected chi connectivity index (χ1v) is 6.84. The topological polar surface area (TPSA) is 72.8 Å². The molecule has 0 radical (unpaired) electrons. The number of methoxy groups -OCH3 is 2. The highest BCUT2D eigenvalue weighted by atomic mass is 16.5. The summed E-state index contributed by atoms with van der Waals surface area (Å²) in [5.74, 6) is -1.12. The largest absolute Gasteiger partial charge is 0.468 e. The Morgan fingerprint density at radius 2 is 1.68 bits per heavy atom. The van der Waals surface area contributed by atoms with Crippen molar-refractivity contribution in [3.63, 3.8) is 0 Å². The summed E-state index contributed by atoms with van der Waals surface area (Å²) in [6, 6.07) is 0. The van der Waals surface area contributed by atoms with Crippen LogP contribution < -0.4 is 0 Å². The van der Waals surface area contributed by atoms with E-state index in [1.165, 1.54) is 14.2 Å². The molecular formula is C14H24O5. The van der Waals surface area contributed by atoms with E-state index in [9.17, 15) is 14.7 Å². The van der Waals surface area contributed by atoms with Crippen LogP contribution in [0.2, 0.25) is 0 Å². The molecule has 19 heavy (non-hydrogen) atoms. The fourth-order valence-corrected chi connectivity index (χ4v) is 3.04. The van der Waals surface area contributed by atoms with Crippen molar-refractivity contribution in [2.45, 2.75) is 51.6 Å². The SMILES string of the molecule is COC(=O)C(CCC(C)O)(C(=O)OC)C1CCCC1. The standard InChI is InChI=1S/C14H24O5/c1-10(15)8-9-14(12(16)18-2,13(17)19-3)11-6-4-5-7-11/h10-11,15H,4-9H2,1-3H3. The van der Waals surface area contributed by atoms with E-state index in [1.807, 2.05) is 0 Å². The first-order valence-electron chi connectivity index (χ1n) is 6.84. The molecule has 1 saturated carbocycles. The van der Waals surface area contributed by atoms with Gasteiger partial charge in [-0.2, -0.15) is 0 Å². The van der Waals surface area contributed by atoms with Crippen molar-refractivity contribution in [1.29, 1.82) is 0 Å². The van der Waals surface area contributed by atoms with Gasteiger partial charge < -0.3 is 14.6 Å². The van der Waals surface area contributed by atoms with Gasteiger partial charge in [-0.05, 0) is 38.5 Å². The fraction of sp³-hybridized carbons (Fsp3) is 0.857. The Kier molecular flexibility index (Phi) is 5.79. The van der Waals surface area contributed by atoms with Gasteiger partial charge in [0, 0.05) is 0 Å². The zero-order valence-corrected chi connectivity index (χ0v) is 12.0. The Bertz CT molecular complexity index is 302. The summed E-state index contributed by atoms with van der Waals surface area (Å²) in [4.78, 5) is 24.5. The summed E-state index contributed by atoms with van der Waals surface area (Å²) < 4.78 is 9.72. The second-order valence-corrected chi connectivity index (χ2v) is 5.32. The van der Waals surface area contributed by atoms with Gasteiger partial charge in [-0.15, -0.1) is 0 Å². The minimum Gasteiger partial charge on any atom is -0.468 e. The zero-order chi connectivity index (χ0) is 14.5. The molecule has 5 nitrogen and oxygen atoms in total. The number of carbonyl (C=O) groups is 2. The van der Waals surface area contributed by atoms with E-state index >= 15 is 0 Å². The molecule has 110 valence electrons. The number of ether oxygens (including phenoxy) is 2. The maximum Gasteiger partial charge on any atom is 0.323 e. The third-order valence-corrected chi connectivity index (χ3v) is 4.11. The number of hydrogen-bond acceptors (Lipinski definition) is 5. The van der Waals surface area contributed by atoms with E-state index in [1.54, 1.807) is 6.92 Å². The van der Waals surface area contributed by atoms with Crippen molar-refractivity contribution >= 4 is 11.9 Å². The summed E-state index contributed by atoms with van der Waals surface area (Å²) in [5, 5.41) is 9.46. The first-order chi connectivity index (χ1) is 8.98. The molecule has 1 aliphatic rings. The van der Waals surface area contributed by atoms with Crippen molar-refractivity contribution < 1.29 is 24.2 Å². The number of esters is 2. The molecule has 0 aromatic carbocycles. The third kappa shape index (κ3) is 3.26. The molecule has 0 amide bonds. The van der Waals surface area contributed by atoms with E-state index in [0.717, 1.165) is 25.7 Å². The molecule has 0 aliphatic heterocycles. The number of hydrogen-bond donors (Lipinski definition) is 1. The van der Waals surface area contributed by atoms with Gasteiger partial charge >= 0.3 is 11.9 Å². The van der Waals surface area contributed by atoms with Crippen LogP contribution in [-0.4, -0.2) is 37.4 Å². The predicted octanol–water partition coefficient (Wildman–Crippen LogP) is 1.67. The van der Waals surface area contributed by atoms with Crippen LogP contribution in [0.1, 0.15) is 45.4 Å². The van der Waals surface area contributed by atoms with E-state index in [2.05, 4.69) is 0 Å². The molecule has 0 bridgehead atoms. The lowest BCUT2D eigenvalue weighted by molar-refractivity contribution is -0.175. The van der Waals surface area contributed by atoms with Crippen molar-refractivity contribution in [1.82, 2.24) is 0 Å². The maximum absolute atomic E-state index is 12.2. The van der Waals surface area contributed by atoms with Crippen LogP contribution in [0.5, 0.6) is 0 Å². The Hall–Kier alpha value is -1.10. The predicted molar refractivity (Wildman–Crippen MR) is 69.3 cm³/mol. The van der Waals surface area contributed by atoms with Gasteiger partial charge in [0.25, 0.3) is 0 Å². The smallest absolute Gasteiger partial charge is 0.323 e. The van der Waals surface area contributed by atoms with Crippen LogP contribution in [0.15, 0.2) is 0 Å². The monoisotopic (exact) mass is 272 g/mol.